The van der Waals surface area contributed by atoms with Crippen LogP contribution in [0.25, 0.3) is 0 Å². The Hall–Kier alpha value is -0.930. The second-order valence-electron chi connectivity index (χ2n) is 4.03. The van der Waals surface area contributed by atoms with E-state index in [-0.39, 0.29) is 0 Å². The van der Waals surface area contributed by atoms with E-state index in [0.29, 0.717) is 12.7 Å². The third-order valence-corrected chi connectivity index (χ3v) is 2.86. The topological polar surface area (TPSA) is 34.1 Å². The predicted molar refractivity (Wildman–Crippen MR) is 59.7 cm³/mol. The first-order chi connectivity index (χ1) is 7.36. The van der Waals surface area contributed by atoms with Crippen LogP contribution in [-0.2, 0) is 11.3 Å². The minimum Gasteiger partial charge on any atom is -0.372 e. The summed E-state index contributed by atoms with van der Waals surface area (Å²) < 4.78 is 5.85. The summed E-state index contributed by atoms with van der Waals surface area (Å²) in [6.07, 6.45) is 4.47. The molecular weight excluding hydrogens is 188 g/mol. The van der Waals surface area contributed by atoms with E-state index in [1.807, 2.05) is 12.3 Å². The van der Waals surface area contributed by atoms with Crippen LogP contribution >= 0.6 is 0 Å². The summed E-state index contributed by atoms with van der Waals surface area (Å²) >= 11 is 0. The predicted octanol–water partition coefficient (Wildman–Crippen LogP) is 1.66. The van der Waals surface area contributed by atoms with Crippen molar-refractivity contribution in [3.8, 4) is 0 Å². The van der Waals surface area contributed by atoms with E-state index in [0.717, 1.165) is 31.6 Å². The van der Waals surface area contributed by atoms with Gasteiger partial charge in [-0.1, -0.05) is 6.07 Å². The number of aryl methyl sites for hydroxylation is 1. The fraction of sp³-hybridized carbons (Fsp3) is 0.583. The van der Waals surface area contributed by atoms with Crippen LogP contribution in [0.3, 0.4) is 0 Å². The molecule has 0 amide bonds. The largest absolute Gasteiger partial charge is 0.372 e. The smallest absolute Gasteiger partial charge is 0.0894 e. The molecule has 82 valence electrons. The van der Waals surface area contributed by atoms with Crippen molar-refractivity contribution in [2.45, 2.75) is 32.5 Å². The van der Waals surface area contributed by atoms with Gasteiger partial charge in [-0.15, -0.1) is 0 Å². The van der Waals surface area contributed by atoms with Crippen LogP contribution < -0.4 is 5.32 Å². The van der Waals surface area contributed by atoms with Crippen molar-refractivity contribution in [3.63, 3.8) is 0 Å². The van der Waals surface area contributed by atoms with Gasteiger partial charge in [-0.3, -0.25) is 4.98 Å². The van der Waals surface area contributed by atoms with E-state index in [2.05, 4.69) is 23.3 Å². The fourth-order valence-electron chi connectivity index (χ4n) is 1.83. The third-order valence-electron chi connectivity index (χ3n) is 2.86. The van der Waals surface area contributed by atoms with Gasteiger partial charge in [-0.05, 0) is 44.5 Å². The van der Waals surface area contributed by atoms with Gasteiger partial charge in [0, 0.05) is 6.20 Å². The highest BCUT2D eigenvalue weighted by Gasteiger charge is 2.13. The number of nitrogens with one attached hydrogen (secondary N) is 1. The molecule has 3 nitrogen and oxygen atoms in total. The van der Waals surface area contributed by atoms with Crippen molar-refractivity contribution in [2.24, 2.45) is 0 Å². The van der Waals surface area contributed by atoms with Gasteiger partial charge in [0.05, 0.1) is 18.4 Å². The number of hydrogen-bond acceptors (Lipinski definition) is 3. The summed E-state index contributed by atoms with van der Waals surface area (Å²) in [5.74, 6) is 0. The minimum atomic E-state index is 0.410. The normalized spacial score (nSPS) is 17.9. The number of pyridine rings is 1. The fourth-order valence-corrected chi connectivity index (χ4v) is 1.83. The number of piperidine rings is 1. The molecule has 0 spiro atoms. The summed E-state index contributed by atoms with van der Waals surface area (Å²) in [5.41, 5.74) is 2.28. The second-order valence-corrected chi connectivity index (χ2v) is 4.03. The first kappa shape index (κ1) is 10.6. The van der Waals surface area contributed by atoms with Crippen molar-refractivity contribution >= 4 is 0 Å². The van der Waals surface area contributed by atoms with Crippen molar-refractivity contribution in [1.82, 2.24) is 10.3 Å². The van der Waals surface area contributed by atoms with E-state index in [9.17, 15) is 0 Å². The van der Waals surface area contributed by atoms with E-state index < -0.39 is 0 Å². The standard InChI is InChI=1S/C12H18N2O/c1-10-3-2-6-14-12(10)9-15-11-4-7-13-8-5-11/h2-3,6,11,13H,4-5,7-9H2,1H3. The molecule has 2 heterocycles. The Labute approximate surface area is 90.9 Å². The van der Waals surface area contributed by atoms with Crippen LogP contribution in [-0.4, -0.2) is 24.2 Å². The molecule has 0 radical (unpaired) electrons. The number of rotatable bonds is 3. The Balaban J connectivity index is 1.84. The lowest BCUT2D eigenvalue weighted by Crippen LogP contribution is -2.32. The minimum absolute atomic E-state index is 0.410. The number of hydrogen-bond donors (Lipinski definition) is 1. The highest BCUT2D eigenvalue weighted by atomic mass is 16.5. The SMILES string of the molecule is Cc1cccnc1COC1CCNCC1. The Morgan fingerprint density at radius 3 is 3.00 bits per heavy atom. The maximum Gasteiger partial charge on any atom is 0.0894 e. The number of aromatic nitrogens is 1. The van der Waals surface area contributed by atoms with Crippen LogP contribution in [0.15, 0.2) is 18.3 Å². The van der Waals surface area contributed by atoms with E-state index in [4.69, 9.17) is 4.74 Å². The molecular formula is C12H18N2O. The van der Waals surface area contributed by atoms with Gasteiger partial charge in [0.25, 0.3) is 0 Å². The van der Waals surface area contributed by atoms with E-state index in [1.54, 1.807) is 0 Å². The Kier molecular flexibility index (Phi) is 3.69. The van der Waals surface area contributed by atoms with Gasteiger partial charge >= 0.3 is 0 Å². The van der Waals surface area contributed by atoms with E-state index >= 15 is 0 Å². The van der Waals surface area contributed by atoms with Gasteiger partial charge in [0.15, 0.2) is 0 Å². The van der Waals surface area contributed by atoms with Gasteiger partial charge in [0.2, 0.25) is 0 Å². The van der Waals surface area contributed by atoms with Gasteiger partial charge in [-0.25, -0.2) is 0 Å². The highest BCUT2D eigenvalue weighted by Crippen LogP contribution is 2.11. The summed E-state index contributed by atoms with van der Waals surface area (Å²) in [5, 5.41) is 3.33. The zero-order valence-corrected chi connectivity index (χ0v) is 9.20. The van der Waals surface area contributed by atoms with Crippen molar-refractivity contribution in [1.29, 1.82) is 0 Å². The average Bonchev–Trinajstić information content (AvgIpc) is 2.29. The molecule has 0 atom stereocenters. The lowest BCUT2D eigenvalue weighted by atomic mass is 10.1. The molecule has 1 saturated heterocycles. The maximum absolute atomic E-state index is 5.85. The lowest BCUT2D eigenvalue weighted by molar-refractivity contribution is 0.0193. The molecule has 1 N–H and O–H groups in total. The summed E-state index contributed by atoms with van der Waals surface area (Å²) in [4.78, 5) is 4.32. The Bertz CT molecular complexity index is 308. The molecule has 0 saturated carbocycles. The molecule has 1 fully saturated rings. The maximum atomic E-state index is 5.85. The van der Waals surface area contributed by atoms with Crippen LogP contribution in [0.4, 0.5) is 0 Å². The monoisotopic (exact) mass is 206 g/mol. The molecule has 1 aliphatic rings. The molecule has 0 aromatic carbocycles. The van der Waals surface area contributed by atoms with Gasteiger partial charge in [-0.2, -0.15) is 0 Å². The first-order valence-corrected chi connectivity index (χ1v) is 5.59. The molecule has 2 rings (SSSR count). The summed E-state index contributed by atoms with van der Waals surface area (Å²) in [7, 11) is 0. The number of ether oxygens (including phenoxy) is 1. The molecule has 1 aromatic heterocycles. The average molecular weight is 206 g/mol. The zero-order chi connectivity index (χ0) is 10.5. The Morgan fingerprint density at radius 1 is 1.47 bits per heavy atom. The molecule has 0 bridgehead atoms. The first-order valence-electron chi connectivity index (χ1n) is 5.59. The molecule has 15 heavy (non-hydrogen) atoms. The molecule has 3 heteroatoms. The summed E-state index contributed by atoms with van der Waals surface area (Å²) in [6, 6.07) is 4.04. The molecule has 1 aromatic rings. The molecule has 0 aliphatic carbocycles. The lowest BCUT2D eigenvalue weighted by Gasteiger charge is -2.22. The van der Waals surface area contributed by atoms with Crippen LogP contribution in [0, 0.1) is 6.92 Å². The van der Waals surface area contributed by atoms with Crippen molar-refractivity contribution in [3.05, 3.63) is 29.6 Å². The van der Waals surface area contributed by atoms with Gasteiger partial charge in [0.1, 0.15) is 0 Å². The molecule has 1 aliphatic heterocycles. The third kappa shape index (κ3) is 3.01. The zero-order valence-electron chi connectivity index (χ0n) is 9.20. The van der Waals surface area contributed by atoms with Crippen LogP contribution in [0.1, 0.15) is 24.1 Å². The molecule has 0 unspecified atom stereocenters. The van der Waals surface area contributed by atoms with Crippen LogP contribution in [0.5, 0.6) is 0 Å². The van der Waals surface area contributed by atoms with Crippen molar-refractivity contribution in [2.75, 3.05) is 13.1 Å². The quantitative estimate of drug-likeness (QED) is 0.816. The highest BCUT2D eigenvalue weighted by molar-refractivity contribution is 5.16. The second kappa shape index (κ2) is 5.24. The van der Waals surface area contributed by atoms with Crippen LogP contribution in [0.2, 0.25) is 0 Å². The van der Waals surface area contributed by atoms with E-state index in [1.165, 1.54) is 5.56 Å². The summed E-state index contributed by atoms with van der Waals surface area (Å²) in [6.45, 7) is 4.88. The Morgan fingerprint density at radius 2 is 2.27 bits per heavy atom. The number of nitrogens with zero attached hydrogens (tertiary/aromatic N) is 1. The van der Waals surface area contributed by atoms with Gasteiger partial charge < -0.3 is 10.1 Å². The van der Waals surface area contributed by atoms with Crippen molar-refractivity contribution < 1.29 is 4.74 Å².